The van der Waals surface area contributed by atoms with Gasteiger partial charge in [-0.3, -0.25) is 0 Å². The Hall–Kier alpha value is -3.03. The van der Waals surface area contributed by atoms with Crippen LogP contribution in [0.3, 0.4) is 0 Å². The van der Waals surface area contributed by atoms with Crippen LogP contribution in [-0.2, 0) is 10.8 Å². The summed E-state index contributed by atoms with van der Waals surface area (Å²) in [5, 5.41) is 5.29. The van der Waals surface area contributed by atoms with Crippen LogP contribution in [-0.4, -0.2) is 6.26 Å². The third-order valence-corrected chi connectivity index (χ3v) is 8.10. The molecule has 0 amide bonds. The number of rotatable bonds is 3. The predicted octanol–water partition coefficient (Wildman–Crippen LogP) is 10.6. The van der Waals surface area contributed by atoms with Gasteiger partial charge in [-0.25, -0.2) is 0 Å². The van der Waals surface area contributed by atoms with Crippen LogP contribution in [0, 0.1) is 0 Å². The third kappa shape index (κ3) is 4.46. The van der Waals surface area contributed by atoms with E-state index in [1.54, 1.807) is 0 Å². The van der Waals surface area contributed by atoms with Gasteiger partial charge in [0, 0.05) is 15.7 Å². The lowest BCUT2D eigenvalue weighted by atomic mass is 9.85. The second kappa shape index (κ2) is 9.12. The highest BCUT2D eigenvalue weighted by Crippen LogP contribution is 2.44. The lowest BCUT2D eigenvalue weighted by molar-refractivity contribution is 0.590. The highest BCUT2D eigenvalue weighted by molar-refractivity contribution is 7.99. The maximum atomic E-state index is 2.37. The first-order valence-corrected chi connectivity index (χ1v) is 14.0. The summed E-state index contributed by atoms with van der Waals surface area (Å²) in [5.41, 5.74) is 8.18. The zero-order valence-electron chi connectivity index (χ0n) is 22.6. The first kappa shape index (κ1) is 24.7. The van der Waals surface area contributed by atoms with Gasteiger partial charge in [0.15, 0.2) is 0 Å². The average molecular weight is 489 g/mol. The summed E-state index contributed by atoms with van der Waals surface area (Å²) in [6, 6.07) is 34.1. The van der Waals surface area contributed by atoms with Gasteiger partial charge < -0.3 is 0 Å². The summed E-state index contributed by atoms with van der Waals surface area (Å²) < 4.78 is 0. The molecule has 0 bridgehead atoms. The highest BCUT2D eigenvalue weighted by Gasteiger charge is 2.18. The molecule has 0 aromatic heterocycles. The van der Waals surface area contributed by atoms with Crippen molar-refractivity contribution < 1.29 is 0 Å². The molecule has 0 N–H and O–H groups in total. The first-order chi connectivity index (χ1) is 17.1. The molecule has 0 heterocycles. The number of fused-ring (bicyclic) bond motifs is 2. The topological polar surface area (TPSA) is 0 Å². The van der Waals surface area contributed by atoms with E-state index in [4.69, 9.17) is 0 Å². The van der Waals surface area contributed by atoms with Gasteiger partial charge in [-0.1, -0.05) is 126 Å². The Balaban J connectivity index is 1.76. The van der Waals surface area contributed by atoms with Crippen molar-refractivity contribution in [1.82, 2.24) is 0 Å². The zero-order chi connectivity index (χ0) is 25.7. The Morgan fingerprint density at radius 2 is 0.889 bits per heavy atom. The molecule has 0 saturated heterocycles. The standard InChI is InChI=1S/C35H36S/c1-34(2,3)27-18-14-23(15-19-27)29-12-8-10-25-22-26-11-9-13-30(32(26)33(36-7)31(25)29)24-16-20-28(21-17-24)35(4,5)6/h8-22H,1-7H3. The van der Waals surface area contributed by atoms with E-state index >= 15 is 0 Å². The van der Waals surface area contributed by atoms with E-state index in [0.29, 0.717) is 0 Å². The van der Waals surface area contributed by atoms with E-state index in [-0.39, 0.29) is 10.8 Å². The molecular formula is C35H36S. The van der Waals surface area contributed by atoms with Crippen LogP contribution in [0.25, 0.3) is 43.8 Å². The molecule has 1 heteroatoms. The van der Waals surface area contributed by atoms with Crippen molar-refractivity contribution in [3.05, 3.63) is 102 Å². The lowest BCUT2D eigenvalue weighted by Crippen LogP contribution is -2.10. The predicted molar refractivity (Wildman–Crippen MR) is 162 cm³/mol. The van der Waals surface area contributed by atoms with Crippen LogP contribution in [0.2, 0.25) is 0 Å². The van der Waals surface area contributed by atoms with Gasteiger partial charge in [-0.2, -0.15) is 0 Å². The fourth-order valence-corrected chi connectivity index (χ4v) is 6.03. The van der Waals surface area contributed by atoms with Gasteiger partial charge in [0.25, 0.3) is 0 Å². The van der Waals surface area contributed by atoms with Gasteiger partial charge in [-0.05, 0) is 67.3 Å². The fraction of sp³-hybridized carbons (Fsp3) is 0.257. The minimum Gasteiger partial charge on any atom is -0.128 e. The summed E-state index contributed by atoms with van der Waals surface area (Å²) in [5.74, 6) is 0. The second-order valence-corrected chi connectivity index (χ2v) is 12.7. The first-order valence-electron chi connectivity index (χ1n) is 12.8. The molecule has 0 aliphatic rings. The van der Waals surface area contributed by atoms with E-state index in [2.05, 4.69) is 139 Å². The molecule has 36 heavy (non-hydrogen) atoms. The molecular weight excluding hydrogens is 452 g/mol. The van der Waals surface area contributed by atoms with Gasteiger partial charge in [0.1, 0.15) is 0 Å². The van der Waals surface area contributed by atoms with E-state index in [0.717, 1.165) is 0 Å². The number of thioether (sulfide) groups is 1. The normalized spacial score (nSPS) is 12.4. The highest BCUT2D eigenvalue weighted by atomic mass is 32.2. The Morgan fingerprint density at radius 1 is 0.500 bits per heavy atom. The summed E-state index contributed by atoms with van der Waals surface area (Å²) in [4.78, 5) is 1.36. The minimum atomic E-state index is 0.148. The smallest absolute Gasteiger partial charge is 0.0239 e. The molecule has 5 aromatic rings. The number of hydrogen-bond acceptors (Lipinski definition) is 1. The molecule has 0 aliphatic carbocycles. The summed E-state index contributed by atoms with van der Waals surface area (Å²) >= 11 is 1.86. The Labute approximate surface area is 220 Å². The second-order valence-electron chi connectivity index (χ2n) is 11.9. The van der Waals surface area contributed by atoms with E-state index in [1.165, 1.54) is 59.8 Å². The number of hydrogen-bond donors (Lipinski definition) is 0. The van der Waals surface area contributed by atoms with Crippen molar-refractivity contribution in [2.75, 3.05) is 6.26 Å². The van der Waals surface area contributed by atoms with Gasteiger partial charge in [0.2, 0.25) is 0 Å². The van der Waals surface area contributed by atoms with Crippen LogP contribution < -0.4 is 0 Å². The lowest BCUT2D eigenvalue weighted by Gasteiger charge is -2.21. The number of benzene rings is 5. The van der Waals surface area contributed by atoms with Crippen LogP contribution in [0.5, 0.6) is 0 Å². The van der Waals surface area contributed by atoms with E-state index in [9.17, 15) is 0 Å². The Morgan fingerprint density at radius 3 is 1.22 bits per heavy atom. The molecule has 182 valence electrons. The monoisotopic (exact) mass is 488 g/mol. The van der Waals surface area contributed by atoms with Crippen LogP contribution >= 0.6 is 11.8 Å². The molecule has 0 atom stereocenters. The van der Waals surface area contributed by atoms with Crippen molar-refractivity contribution >= 4 is 33.3 Å². The SMILES string of the molecule is CSc1c2c(-c3ccc(C(C)(C)C)cc3)cccc2cc2cccc(-c3ccc(C(C)(C)C)cc3)c12. The quantitative estimate of drug-likeness (QED) is 0.180. The maximum Gasteiger partial charge on any atom is 0.0239 e. The molecule has 0 spiro atoms. The van der Waals surface area contributed by atoms with Crippen LogP contribution in [0.1, 0.15) is 52.7 Å². The minimum absolute atomic E-state index is 0.148. The average Bonchev–Trinajstić information content (AvgIpc) is 2.85. The van der Waals surface area contributed by atoms with Crippen molar-refractivity contribution in [1.29, 1.82) is 0 Å². The molecule has 0 fully saturated rings. The molecule has 5 aromatic carbocycles. The summed E-state index contributed by atoms with van der Waals surface area (Å²) in [6.45, 7) is 13.6. The van der Waals surface area contributed by atoms with Gasteiger partial charge >= 0.3 is 0 Å². The maximum absolute atomic E-state index is 2.37. The Bertz CT molecular complexity index is 1430. The van der Waals surface area contributed by atoms with Gasteiger partial charge in [0.05, 0.1) is 0 Å². The van der Waals surface area contributed by atoms with E-state index < -0.39 is 0 Å². The summed E-state index contributed by atoms with van der Waals surface area (Å²) in [7, 11) is 0. The Kier molecular flexibility index (Phi) is 6.25. The van der Waals surface area contributed by atoms with Crippen molar-refractivity contribution in [3.8, 4) is 22.3 Å². The summed E-state index contributed by atoms with van der Waals surface area (Å²) in [6.07, 6.45) is 2.22. The van der Waals surface area contributed by atoms with E-state index in [1.807, 2.05) is 11.8 Å². The fourth-order valence-electron chi connectivity index (χ4n) is 5.17. The van der Waals surface area contributed by atoms with Crippen LogP contribution in [0.15, 0.2) is 95.9 Å². The zero-order valence-corrected chi connectivity index (χ0v) is 23.4. The third-order valence-electron chi connectivity index (χ3n) is 7.29. The molecule has 5 rings (SSSR count). The molecule has 0 nitrogen and oxygen atoms in total. The molecule has 0 saturated carbocycles. The molecule has 0 unspecified atom stereocenters. The molecule has 0 radical (unpaired) electrons. The molecule has 0 aliphatic heterocycles. The van der Waals surface area contributed by atoms with Crippen molar-refractivity contribution in [3.63, 3.8) is 0 Å². The van der Waals surface area contributed by atoms with Gasteiger partial charge in [-0.15, -0.1) is 11.8 Å². The largest absolute Gasteiger partial charge is 0.128 e. The van der Waals surface area contributed by atoms with Crippen LogP contribution in [0.4, 0.5) is 0 Å². The van der Waals surface area contributed by atoms with Crippen molar-refractivity contribution in [2.24, 2.45) is 0 Å². The van der Waals surface area contributed by atoms with Crippen molar-refractivity contribution in [2.45, 2.75) is 57.3 Å².